The second kappa shape index (κ2) is 7.54. The molecule has 0 aromatic heterocycles. The number of hydrogen-bond acceptors (Lipinski definition) is 3. The van der Waals surface area contributed by atoms with Crippen LogP contribution in [0, 0.1) is 0 Å². The molecule has 2 aromatic carbocycles. The molecule has 5 nitrogen and oxygen atoms in total. The summed E-state index contributed by atoms with van der Waals surface area (Å²) in [6.07, 6.45) is 1.33. The van der Waals surface area contributed by atoms with Gasteiger partial charge in [-0.15, -0.1) is 0 Å². The first-order valence-electron chi connectivity index (χ1n) is 10.2. The Hall–Kier alpha value is -2.82. The Balaban J connectivity index is 1.51. The number of ether oxygens (including phenoxy) is 1. The molecule has 2 amide bonds. The van der Waals surface area contributed by atoms with Gasteiger partial charge in [0.2, 0.25) is 5.91 Å². The lowest BCUT2D eigenvalue weighted by Gasteiger charge is -2.35. The molecule has 29 heavy (non-hydrogen) atoms. The zero-order valence-corrected chi connectivity index (χ0v) is 17.3. The van der Waals surface area contributed by atoms with Gasteiger partial charge in [0.1, 0.15) is 5.60 Å². The van der Waals surface area contributed by atoms with Crippen molar-refractivity contribution < 1.29 is 14.3 Å². The highest BCUT2D eigenvalue weighted by Crippen LogP contribution is 2.30. The molecule has 0 fully saturated rings. The van der Waals surface area contributed by atoms with Gasteiger partial charge in [-0.1, -0.05) is 48.5 Å². The maximum Gasteiger partial charge on any atom is 0.410 e. The molecule has 2 aliphatic rings. The van der Waals surface area contributed by atoms with Crippen LogP contribution in [-0.4, -0.2) is 35.1 Å². The molecule has 1 aliphatic heterocycles. The summed E-state index contributed by atoms with van der Waals surface area (Å²) in [5, 5.41) is 3.23. The van der Waals surface area contributed by atoms with Gasteiger partial charge in [0.15, 0.2) is 0 Å². The Morgan fingerprint density at radius 3 is 2.17 bits per heavy atom. The first-order valence-corrected chi connectivity index (χ1v) is 10.2. The maximum absolute atomic E-state index is 13.2. The average Bonchev–Trinajstić information content (AvgIpc) is 3.08. The van der Waals surface area contributed by atoms with Crippen molar-refractivity contribution in [3.05, 3.63) is 70.8 Å². The summed E-state index contributed by atoms with van der Waals surface area (Å²) in [5.41, 5.74) is 4.04. The molecule has 0 bridgehead atoms. The van der Waals surface area contributed by atoms with Gasteiger partial charge in [-0.3, -0.25) is 4.79 Å². The van der Waals surface area contributed by atoms with Crippen LogP contribution in [0.3, 0.4) is 0 Å². The van der Waals surface area contributed by atoms with E-state index in [9.17, 15) is 9.59 Å². The number of nitrogens with zero attached hydrogens (tertiary/aromatic N) is 1. The van der Waals surface area contributed by atoms with Crippen molar-refractivity contribution in [2.45, 2.75) is 57.7 Å². The number of amides is 2. The van der Waals surface area contributed by atoms with Gasteiger partial charge in [0.05, 0.1) is 5.92 Å². The Labute approximate surface area is 172 Å². The Morgan fingerprint density at radius 1 is 0.966 bits per heavy atom. The van der Waals surface area contributed by atoms with E-state index in [0.717, 1.165) is 24.0 Å². The Morgan fingerprint density at radius 2 is 1.55 bits per heavy atom. The number of fused-ring (bicyclic) bond motifs is 2. The molecule has 1 aliphatic carbocycles. The monoisotopic (exact) mass is 392 g/mol. The van der Waals surface area contributed by atoms with Gasteiger partial charge < -0.3 is 15.0 Å². The van der Waals surface area contributed by atoms with Crippen molar-refractivity contribution >= 4 is 12.0 Å². The SMILES string of the molecule is CC(C)(C)OC(=O)N1Cc2ccccc2C(C(=O)NC2Cc3ccccc3C2)C1. The number of hydrogen-bond donors (Lipinski definition) is 1. The van der Waals surface area contributed by atoms with Crippen LogP contribution in [0.25, 0.3) is 0 Å². The van der Waals surface area contributed by atoms with Crippen LogP contribution in [0.5, 0.6) is 0 Å². The molecule has 0 saturated heterocycles. The molecule has 0 spiro atoms. The minimum absolute atomic E-state index is 0.0245. The highest BCUT2D eigenvalue weighted by Gasteiger charge is 2.35. The van der Waals surface area contributed by atoms with E-state index in [1.54, 1.807) is 4.90 Å². The van der Waals surface area contributed by atoms with Gasteiger partial charge in [-0.05, 0) is 55.9 Å². The molecule has 0 saturated carbocycles. The molecule has 1 N–H and O–H groups in total. The molecule has 0 radical (unpaired) electrons. The van der Waals surface area contributed by atoms with E-state index in [0.29, 0.717) is 13.1 Å². The van der Waals surface area contributed by atoms with Gasteiger partial charge in [0.25, 0.3) is 0 Å². The second-order valence-corrected chi connectivity index (χ2v) is 8.99. The van der Waals surface area contributed by atoms with E-state index in [1.807, 2.05) is 57.2 Å². The Kier molecular flexibility index (Phi) is 5.07. The molecular formula is C24H28N2O3. The maximum atomic E-state index is 13.2. The molecule has 1 atom stereocenters. The fourth-order valence-electron chi connectivity index (χ4n) is 4.26. The largest absolute Gasteiger partial charge is 0.444 e. The predicted octanol–water partition coefficient (Wildman–Crippen LogP) is 3.80. The topological polar surface area (TPSA) is 58.6 Å². The fraction of sp³-hybridized carbons (Fsp3) is 0.417. The minimum atomic E-state index is -0.568. The van der Waals surface area contributed by atoms with Gasteiger partial charge in [0, 0.05) is 19.1 Å². The van der Waals surface area contributed by atoms with Crippen LogP contribution in [0.1, 0.15) is 48.9 Å². The summed E-state index contributed by atoms with van der Waals surface area (Å²) >= 11 is 0. The average molecular weight is 392 g/mol. The van der Waals surface area contributed by atoms with Crippen molar-refractivity contribution in [1.29, 1.82) is 0 Å². The van der Waals surface area contributed by atoms with Crippen LogP contribution >= 0.6 is 0 Å². The number of benzene rings is 2. The highest BCUT2D eigenvalue weighted by atomic mass is 16.6. The fourth-order valence-corrected chi connectivity index (χ4v) is 4.26. The van der Waals surface area contributed by atoms with Crippen molar-refractivity contribution in [2.24, 2.45) is 0 Å². The zero-order chi connectivity index (χ0) is 20.6. The molecule has 5 heteroatoms. The first-order chi connectivity index (χ1) is 13.8. The number of rotatable bonds is 2. The van der Waals surface area contributed by atoms with Crippen molar-refractivity contribution in [2.75, 3.05) is 6.54 Å². The van der Waals surface area contributed by atoms with Gasteiger partial charge in [-0.2, -0.15) is 0 Å². The minimum Gasteiger partial charge on any atom is -0.444 e. The third-order valence-electron chi connectivity index (χ3n) is 5.56. The lowest BCUT2D eigenvalue weighted by molar-refractivity contribution is -0.123. The summed E-state index contributed by atoms with van der Waals surface area (Å²) in [7, 11) is 0. The molecule has 152 valence electrons. The standard InChI is InChI=1S/C24H28N2O3/c1-24(2,3)29-23(28)26-14-18-10-6-7-11-20(18)21(15-26)22(27)25-19-12-16-8-4-5-9-17(16)13-19/h4-11,19,21H,12-15H2,1-3H3,(H,25,27). The first kappa shape index (κ1) is 19.5. The zero-order valence-electron chi connectivity index (χ0n) is 17.3. The van der Waals surface area contributed by atoms with Crippen LogP contribution < -0.4 is 5.32 Å². The lowest BCUT2D eigenvalue weighted by atomic mass is 9.89. The molecule has 1 heterocycles. The van der Waals surface area contributed by atoms with E-state index < -0.39 is 11.5 Å². The van der Waals surface area contributed by atoms with E-state index in [4.69, 9.17) is 4.74 Å². The Bertz CT molecular complexity index is 907. The third-order valence-corrected chi connectivity index (χ3v) is 5.56. The van der Waals surface area contributed by atoms with Crippen LogP contribution in [-0.2, 0) is 28.9 Å². The van der Waals surface area contributed by atoms with Crippen LogP contribution in [0.2, 0.25) is 0 Å². The predicted molar refractivity (Wildman–Crippen MR) is 112 cm³/mol. The number of carbonyl (C=O) groups is 2. The number of carbonyl (C=O) groups excluding carboxylic acids is 2. The summed E-state index contributed by atoms with van der Waals surface area (Å²) < 4.78 is 5.55. The summed E-state index contributed by atoms with van der Waals surface area (Å²) in [4.78, 5) is 27.5. The summed E-state index contributed by atoms with van der Waals surface area (Å²) in [6, 6.07) is 16.3. The quantitative estimate of drug-likeness (QED) is 0.846. The normalized spacial score (nSPS) is 18.7. The highest BCUT2D eigenvalue weighted by molar-refractivity contribution is 5.86. The molecular weight excluding hydrogens is 364 g/mol. The van der Waals surface area contributed by atoms with Gasteiger partial charge >= 0.3 is 6.09 Å². The second-order valence-electron chi connectivity index (χ2n) is 8.99. The van der Waals surface area contributed by atoms with E-state index in [2.05, 4.69) is 17.4 Å². The van der Waals surface area contributed by atoms with Crippen LogP contribution in [0.4, 0.5) is 4.79 Å². The third kappa shape index (κ3) is 4.29. The van der Waals surface area contributed by atoms with Crippen LogP contribution in [0.15, 0.2) is 48.5 Å². The van der Waals surface area contributed by atoms with E-state index in [1.165, 1.54) is 11.1 Å². The van der Waals surface area contributed by atoms with E-state index in [-0.39, 0.29) is 18.0 Å². The summed E-state index contributed by atoms with van der Waals surface area (Å²) in [6.45, 7) is 6.35. The van der Waals surface area contributed by atoms with Crippen molar-refractivity contribution in [3.63, 3.8) is 0 Å². The van der Waals surface area contributed by atoms with Gasteiger partial charge in [-0.25, -0.2) is 4.79 Å². The van der Waals surface area contributed by atoms with Crippen molar-refractivity contribution in [1.82, 2.24) is 10.2 Å². The lowest BCUT2D eigenvalue weighted by Crippen LogP contribution is -2.47. The molecule has 4 rings (SSSR count). The van der Waals surface area contributed by atoms with E-state index >= 15 is 0 Å². The summed E-state index contributed by atoms with van der Waals surface area (Å²) in [5.74, 6) is -0.417. The molecule has 1 unspecified atom stereocenters. The van der Waals surface area contributed by atoms with Crippen molar-refractivity contribution in [3.8, 4) is 0 Å². The number of nitrogens with one attached hydrogen (secondary N) is 1. The smallest absolute Gasteiger partial charge is 0.410 e. The molecule has 2 aromatic rings.